The summed E-state index contributed by atoms with van der Waals surface area (Å²) in [5.41, 5.74) is 5.44. The Kier molecular flexibility index (Phi) is 3.92. The molecular weight excluding hydrogens is 275 g/mol. The van der Waals surface area contributed by atoms with E-state index in [9.17, 15) is 18.0 Å². The van der Waals surface area contributed by atoms with Crippen molar-refractivity contribution in [1.82, 2.24) is 9.78 Å². The number of esters is 1. The van der Waals surface area contributed by atoms with Gasteiger partial charge >= 0.3 is 12.3 Å². The summed E-state index contributed by atoms with van der Waals surface area (Å²) >= 11 is 0. The van der Waals surface area contributed by atoms with Crippen LogP contribution in [-0.2, 0) is 11.0 Å². The van der Waals surface area contributed by atoms with Gasteiger partial charge in [-0.3, -0.25) is 0 Å². The van der Waals surface area contributed by atoms with Gasteiger partial charge in [-0.25, -0.2) is 4.79 Å². The minimum Gasteiger partial charge on any atom is -0.464 e. The second-order valence-corrected chi connectivity index (χ2v) is 4.85. The van der Waals surface area contributed by atoms with Gasteiger partial charge in [0.25, 0.3) is 0 Å². The van der Waals surface area contributed by atoms with E-state index in [4.69, 9.17) is 5.73 Å². The first-order chi connectivity index (χ1) is 9.36. The van der Waals surface area contributed by atoms with Gasteiger partial charge in [0.2, 0.25) is 0 Å². The summed E-state index contributed by atoms with van der Waals surface area (Å²) < 4.78 is 42.8. The third kappa shape index (κ3) is 2.59. The van der Waals surface area contributed by atoms with Crippen molar-refractivity contribution in [3.05, 3.63) is 11.3 Å². The normalized spacial score (nSPS) is 17.2. The molecule has 0 aliphatic heterocycles. The van der Waals surface area contributed by atoms with Crippen molar-refractivity contribution < 1.29 is 22.7 Å². The molecule has 20 heavy (non-hydrogen) atoms. The first-order valence-electron chi connectivity index (χ1n) is 6.40. The summed E-state index contributed by atoms with van der Waals surface area (Å²) in [7, 11) is 1.11. The number of carbonyl (C=O) groups is 1. The van der Waals surface area contributed by atoms with Gasteiger partial charge in [-0.1, -0.05) is 19.3 Å². The Balaban J connectivity index is 2.51. The third-order valence-corrected chi connectivity index (χ3v) is 3.59. The lowest BCUT2D eigenvalue weighted by Crippen LogP contribution is -2.21. The van der Waals surface area contributed by atoms with Crippen LogP contribution < -0.4 is 5.73 Å². The topological polar surface area (TPSA) is 70.1 Å². The lowest BCUT2D eigenvalue weighted by molar-refractivity contribution is -0.210. The number of hydrogen-bond acceptors (Lipinski definition) is 4. The Bertz CT molecular complexity index is 505. The zero-order valence-electron chi connectivity index (χ0n) is 11.0. The third-order valence-electron chi connectivity index (χ3n) is 3.59. The molecule has 0 spiro atoms. The first-order valence-corrected chi connectivity index (χ1v) is 6.40. The molecule has 1 aromatic heterocycles. The molecule has 0 atom stereocenters. The summed E-state index contributed by atoms with van der Waals surface area (Å²) in [4.78, 5) is 11.6. The Labute approximate surface area is 113 Å². The van der Waals surface area contributed by atoms with E-state index in [1.54, 1.807) is 0 Å². The summed E-state index contributed by atoms with van der Waals surface area (Å²) in [6.07, 6.45) is -0.490. The number of hydrogen-bond donors (Lipinski definition) is 1. The Hall–Kier alpha value is -1.73. The van der Waals surface area contributed by atoms with Crippen molar-refractivity contribution in [3.8, 4) is 0 Å². The Morgan fingerprint density at radius 1 is 1.35 bits per heavy atom. The molecule has 0 radical (unpaired) electrons. The molecule has 1 aliphatic carbocycles. The number of ether oxygens (including phenoxy) is 1. The zero-order valence-corrected chi connectivity index (χ0v) is 11.0. The number of halogens is 3. The number of nitrogen functional groups attached to an aromatic ring is 1. The van der Waals surface area contributed by atoms with E-state index in [-0.39, 0.29) is 21.9 Å². The first kappa shape index (κ1) is 14.7. The van der Waals surface area contributed by atoms with E-state index in [2.05, 4.69) is 9.84 Å². The molecule has 0 bridgehead atoms. The van der Waals surface area contributed by atoms with Gasteiger partial charge in [-0.2, -0.15) is 9.78 Å². The molecule has 5 nitrogen and oxygen atoms in total. The molecule has 0 amide bonds. The molecular formula is C12H16F3N3O2. The predicted molar refractivity (Wildman–Crippen MR) is 65.1 cm³/mol. The molecule has 0 aromatic carbocycles. The van der Waals surface area contributed by atoms with E-state index < -0.39 is 18.1 Å². The molecule has 0 unspecified atom stereocenters. The van der Waals surface area contributed by atoms with Crippen molar-refractivity contribution >= 4 is 11.8 Å². The van der Waals surface area contributed by atoms with Crippen LogP contribution in [0, 0.1) is 0 Å². The molecule has 2 N–H and O–H groups in total. The summed E-state index contributed by atoms with van der Waals surface area (Å²) in [5, 5.41) is 3.32. The quantitative estimate of drug-likeness (QED) is 0.851. The maximum absolute atomic E-state index is 12.8. The molecule has 1 saturated carbocycles. The van der Waals surface area contributed by atoms with Crippen molar-refractivity contribution in [1.29, 1.82) is 0 Å². The average molecular weight is 291 g/mol. The van der Waals surface area contributed by atoms with E-state index >= 15 is 0 Å². The van der Waals surface area contributed by atoms with Crippen LogP contribution in [0.5, 0.6) is 0 Å². The van der Waals surface area contributed by atoms with Gasteiger partial charge in [-0.05, 0) is 18.8 Å². The minimum absolute atomic E-state index is 0.172. The molecule has 1 heterocycles. The lowest BCUT2D eigenvalue weighted by atomic mass is 9.83. The lowest BCUT2D eigenvalue weighted by Gasteiger charge is -2.22. The molecule has 1 fully saturated rings. The number of nitrogens with two attached hydrogens (primary N) is 1. The number of alkyl halides is 3. The highest BCUT2D eigenvalue weighted by molar-refractivity contribution is 5.90. The standard InChI is InChI=1S/C12H16F3N3O2/c1-20-11(19)9-8(7-5-3-2-4-6-7)10(16)18(17-9)12(13,14)15/h7H,2-6,16H2,1H3. The number of carbonyl (C=O) groups excluding carboxylic acids is 1. The zero-order chi connectivity index (χ0) is 14.9. The average Bonchev–Trinajstić information content (AvgIpc) is 2.76. The fourth-order valence-electron chi connectivity index (χ4n) is 2.68. The number of methoxy groups -OCH3 is 1. The molecule has 2 rings (SSSR count). The number of nitrogens with zero attached hydrogens (tertiary/aromatic N) is 2. The van der Waals surface area contributed by atoms with E-state index in [1.807, 2.05) is 0 Å². The van der Waals surface area contributed by atoms with Crippen LogP contribution in [0.3, 0.4) is 0 Å². The van der Waals surface area contributed by atoms with Crippen LogP contribution in [-0.4, -0.2) is 22.9 Å². The second kappa shape index (κ2) is 5.34. The monoisotopic (exact) mass is 291 g/mol. The van der Waals surface area contributed by atoms with Crippen LogP contribution in [0.2, 0.25) is 0 Å². The van der Waals surface area contributed by atoms with E-state index in [0.717, 1.165) is 26.4 Å². The predicted octanol–water partition coefficient (Wildman–Crippen LogP) is 2.78. The molecule has 8 heteroatoms. The largest absolute Gasteiger partial charge is 0.506 e. The van der Waals surface area contributed by atoms with Gasteiger partial charge in [0.05, 0.1) is 7.11 Å². The minimum atomic E-state index is -4.75. The van der Waals surface area contributed by atoms with Crippen LogP contribution >= 0.6 is 0 Å². The van der Waals surface area contributed by atoms with Gasteiger partial charge < -0.3 is 10.5 Å². The fourth-order valence-corrected chi connectivity index (χ4v) is 2.68. The van der Waals surface area contributed by atoms with Crippen LogP contribution in [0.4, 0.5) is 19.0 Å². The summed E-state index contributed by atoms with van der Waals surface area (Å²) in [6, 6.07) is 0. The molecule has 112 valence electrons. The van der Waals surface area contributed by atoms with Crippen molar-refractivity contribution in [2.45, 2.75) is 44.3 Å². The van der Waals surface area contributed by atoms with Gasteiger partial charge in [0.1, 0.15) is 5.82 Å². The van der Waals surface area contributed by atoms with Gasteiger partial charge in [-0.15, -0.1) is 13.2 Å². The molecule has 0 saturated heterocycles. The maximum Gasteiger partial charge on any atom is 0.506 e. The fraction of sp³-hybridized carbons (Fsp3) is 0.667. The number of aromatic nitrogens is 2. The van der Waals surface area contributed by atoms with Crippen LogP contribution in [0.15, 0.2) is 0 Å². The van der Waals surface area contributed by atoms with Crippen LogP contribution in [0.1, 0.15) is 54.1 Å². The summed E-state index contributed by atoms with van der Waals surface area (Å²) in [5.74, 6) is -1.57. The highest BCUT2D eigenvalue weighted by atomic mass is 19.4. The SMILES string of the molecule is COC(=O)c1nn(C(F)(F)F)c(N)c1C1CCCCC1. The van der Waals surface area contributed by atoms with Gasteiger partial charge in [0, 0.05) is 5.56 Å². The highest BCUT2D eigenvalue weighted by Gasteiger charge is 2.39. The van der Waals surface area contributed by atoms with Crippen molar-refractivity contribution in [3.63, 3.8) is 0 Å². The molecule has 1 aromatic rings. The van der Waals surface area contributed by atoms with Crippen molar-refractivity contribution in [2.24, 2.45) is 0 Å². The summed E-state index contributed by atoms with van der Waals surface area (Å²) in [6.45, 7) is 0. The molecule has 1 aliphatic rings. The number of anilines is 1. The van der Waals surface area contributed by atoms with E-state index in [1.165, 1.54) is 0 Å². The second-order valence-electron chi connectivity index (χ2n) is 4.85. The van der Waals surface area contributed by atoms with Crippen LogP contribution in [0.25, 0.3) is 0 Å². The Morgan fingerprint density at radius 2 is 1.95 bits per heavy atom. The smallest absolute Gasteiger partial charge is 0.464 e. The van der Waals surface area contributed by atoms with Crippen molar-refractivity contribution in [2.75, 3.05) is 12.8 Å². The van der Waals surface area contributed by atoms with E-state index in [0.29, 0.717) is 12.8 Å². The number of rotatable bonds is 2. The highest BCUT2D eigenvalue weighted by Crippen LogP contribution is 2.39. The Morgan fingerprint density at radius 3 is 2.45 bits per heavy atom. The maximum atomic E-state index is 12.8. The van der Waals surface area contributed by atoms with Gasteiger partial charge in [0.15, 0.2) is 5.69 Å².